The Morgan fingerprint density at radius 3 is 2.48 bits per heavy atom. The lowest BCUT2D eigenvalue weighted by Crippen LogP contribution is -2.49. The van der Waals surface area contributed by atoms with Crippen LogP contribution in [0.2, 0.25) is 0 Å². The number of aryl methyl sites for hydroxylation is 2. The van der Waals surface area contributed by atoms with E-state index in [1.54, 1.807) is 11.1 Å². The van der Waals surface area contributed by atoms with Gasteiger partial charge in [0.15, 0.2) is 0 Å². The van der Waals surface area contributed by atoms with Crippen molar-refractivity contribution in [1.29, 1.82) is 0 Å². The second-order valence-electron chi connectivity index (χ2n) is 8.59. The van der Waals surface area contributed by atoms with Gasteiger partial charge in [0.2, 0.25) is 0 Å². The van der Waals surface area contributed by atoms with Crippen LogP contribution in [0.3, 0.4) is 0 Å². The molecule has 1 amide bonds. The molecule has 0 aliphatic carbocycles. The van der Waals surface area contributed by atoms with E-state index in [9.17, 15) is 9.18 Å². The van der Waals surface area contributed by atoms with Crippen LogP contribution in [-0.2, 0) is 4.79 Å². The first kappa shape index (κ1) is 21.7. The van der Waals surface area contributed by atoms with Gasteiger partial charge in [-0.3, -0.25) is 9.69 Å². The van der Waals surface area contributed by atoms with Gasteiger partial charge in [-0.1, -0.05) is 42.8 Å². The zero-order valence-corrected chi connectivity index (χ0v) is 18.6. The molecule has 5 nitrogen and oxygen atoms in total. The third-order valence-electron chi connectivity index (χ3n) is 6.36. The second-order valence-corrected chi connectivity index (χ2v) is 8.59. The number of nitrogens with zero attached hydrogens (tertiary/aromatic N) is 4. The van der Waals surface area contributed by atoms with Crippen molar-refractivity contribution in [2.75, 3.05) is 39.3 Å². The Morgan fingerprint density at radius 2 is 1.81 bits per heavy atom. The summed E-state index contributed by atoms with van der Waals surface area (Å²) in [7, 11) is 0. The van der Waals surface area contributed by atoms with Crippen molar-refractivity contribution in [2.45, 2.75) is 33.2 Å². The standard InChI is InChI=1S/C25H31FN4O/c1-4-28-10-12-29(13-11-28)17-25(31)30-24(20-6-5-7-21(26)15-20)16-23(27-30)22-9-8-18(2)14-19(22)3/h5-9,14-15,24H,4,10-13,16-17H2,1-3H3/t24-/m0/s1. The molecule has 0 aromatic heterocycles. The van der Waals surface area contributed by atoms with Crippen molar-refractivity contribution >= 4 is 11.6 Å². The number of carbonyl (C=O) groups excluding carboxylic acids is 1. The summed E-state index contributed by atoms with van der Waals surface area (Å²) in [5.41, 5.74) is 5.06. The molecule has 2 aliphatic heterocycles. The molecule has 31 heavy (non-hydrogen) atoms. The molecule has 164 valence electrons. The van der Waals surface area contributed by atoms with Gasteiger partial charge in [-0.25, -0.2) is 9.40 Å². The number of halogens is 1. The SMILES string of the molecule is CCN1CCN(CC(=O)N2N=C(c3ccc(C)cc3C)C[C@H]2c2cccc(F)c2)CC1. The second kappa shape index (κ2) is 9.28. The minimum Gasteiger partial charge on any atom is -0.301 e. The number of carbonyl (C=O) groups is 1. The third kappa shape index (κ3) is 4.86. The molecule has 4 rings (SSSR count). The van der Waals surface area contributed by atoms with Crippen LogP contribution in [0.15, 0.2) is 47.6 Å². The summed E-state index contributed by atoms with van der Waals surface area (Å²) in [5, 5.41) is 6.37. The van der Waals surface area contributed by atoms with Crippen LogP contribution >= 0.6 is 0 Å². The van der Waals surface area contributed by atoms with Crippen molar-refractivity contribution in [3.05, 3.63) is 70.5 Å². The summed E-state index contributed by atoms with van der Waals surface area (Å²) in [6, 6.07) is 12.5. The quantitative estimate of drug-likeness (QED) is 0.737. The number of hydrogen-bond acceptors (Lipinski definition) is 4. The van der Waals surface area contributed by atoms with Gasteiger partial charge >= 0.3 is 0 Å². The molecule has 0 bridgehead atoms. The van der Waals surface area contributed by atoms with E-state index < -0.39 is 0 Å². The van der Waals surface area contributed by atoms with Crippen LogP contribution in [0.1, 0.15) is 41.6 Å². The molecule has 6 heteroatoms. The maximum Gasteiger partial charge on any atom is 0.257 e. The molecule has 1 saturated heterocycles. The maximum absolute atomic E-state index is 14.0. The Balaban J connectivity index is 1.58. The molecular weight excluding hydrogens is 391 g/mol. The van der Waals surface area contributed by atoms with Crippen LogP contribution in [0.4, 0.5) is 4.39 Å². The van der Waals surface area contributed by atoms with Gasteiger partial charge in [-0.2, -0.15) is 5.10 Å². The van der Waals surface area contributed by atoms with Gasteiger partial charge in [0.25, 0.3) is 5.91 Å². The fraction of sp³-hybridized carbons (Fsp3) is 0.440. The Kier molecular flexibility index (Phi) is 6.49. The van der Waals surface area contributed by atoms with Crippen molar-refractivity contribution in [3.63, 3.8) is 0 Å². The first-order chi connectivity index (χ1) is 14.9. The summed E-state index contributed by atoms with van der Waals surface area (Å²) in [4.78, 5) is 17.9. The van der Waals surface area contributed by atoms with E-state index in [-0.39, 0.29) is 17.8 Å². The van der Waals surface area contributed by atoms with Gasteiger partial charge in [-0.15, -0.1) is 0 Å². The van der Waals surface area contributed by atoms with Crippen LogP contribution in [0.25, 0.3) is 0 Å². The predicted octanol–water partition coefficient (Wildman–Crippen LogP) is 3.76. The molecule has 2 aromatic rings. The highest BCUT2D eigenvalue weighted by atomic mass is 19.1. The highest BCUT2D eigenvalue weighted by Gasteiger charge is 2.34. The van der Waals surface area contributed by atoms with Gasteiger partial charge in [0.1, 0.15) is 5.82 Å². The molecule has 0 spiro atoms. The van der Waals surface area contributed by atoms with Crippen LogP contribution in [-0.4, -0.2) is 65.7 Å². The highest BCUT2D eigenvalue weighted by Crippen LogP contribution is 2.34. The molecule has 0 unspecified atom stereocenters. The average Bonchev–Trinajstić information content (AvgIpc) is 3.19. The Bertz CT molecular complexity index is 981. The lowest BCUT2D eigenvalue weighted by molar-refractivity contribution is -0.134. The number of piperazine rings is 1. The number of hydrogen-bond donors (Lipinski definition) is 0. The Labute approximate surface area is 184 Å². The van der Waals surface area contributed by atoms with E-state index in [2.05, 4.69) is 48.8 Å². The van der Waals surface area contributed by atoms with Crippen molar-refractivity contribution in [3.8, 4) is 0 Å². The first-order valence-electron chi connectivity index (χ1n) is 11.1. The molecule has 1 atom stereocenters. The maximum atomic E-state index is 14.0. The van der Waals surface area contributed by atoms with Crippen molar-refractivity contribution in [1.82, 2.24) is 14.8 Å². The van der Waals surface area contributed by atoms with E-state index in [1.807, 2.05) is 6.07 Å². The monoisotopic (exact) mass is 422 g/mol. The van der Waals surface area contributed by atoms with Crippen LogP contribution in [0, 0.1) is 19.7 Å². The Morgan fingerprint density at radius 1 is 1.06 bits per heavy atom. The summed E-state index contributed by atoms with van der Waals surface area (Å²) >= 11 is 0. The topological polar surface area (TPSA) is 39.1 Å². The van der Waals surface area contributed by atoms with Crippen molar-refractivity contribution in [2.24, 2.45) is 5.10 Å². The molecule has 0 radical (unpaired) electrons. The zero-order chi connectivity index (χ0) is 22.0. The van der Waals surface area contributed by atoms with Gasteiger partial charge in [-0.05, 0) is 43.7 Å². The van der Waals surface area contributed by atoms with Gasteiger partial charge < -0.3 is 4.90 Å². The average molecular weight is 423 g/mol. The minimum absolute atomic E-state index is 0.0287. The van der Waals surface area contributed by atoms with E-state index in [0.717, 1.165) is 55.1 Å². The fourth-order valence-corrected chi connectivity index (χ4v) is 4.54. The van der Waals surface area contributed by atoms with Crippen LogP contribution < -0.4 is 0 Å². The summed E-state index contributed by atoms with van der Waals surface area (Å²) in [5.74, 6) is -0.320. The highest BCUT2D eigenvalue weighted by molar-refractivity contribution is 6.04. The molecule has 0 saturated carbocycles. The number of amides is 1. The number of hydrazone groups is 1. The number of likely N-dealkylation sites (N-methyl/N-ethyl adjacent to an activating group) is 1. The number of benzene rings is 2. The summed E-state index contributed by atoms with van der Waals surface area (Å²) < 4.78 is 14.0. The van der Waals surface area contributed by atoms with Crippen molar-refractivity contribution < 1.29 is 9.18 Å². The van der Waals surface area contributed by atoms with E-state index in [0.29, 0.717) is 13.0 Å². The largest absolute Gasteiger partial charge is 0.301 e. The first-order valence-corrected chi connectivity index (χ1v) is 11.1. The smallest absolute Gasteiger partial charge is 0.257 e. The summed E-state index contributed by atoms with van der Waals surface area (Å²) in [6.07, 6.45) is 0.586. The normalized spacial score (nSPS) is 20.2. The lowest BCUT2D eigenvalue weighted by atomic mass is 9.95. The molecule has 2 aromatic carbocycles. The molecular formula is C25H31FN4O. The lowest BCUT2D eigenvalue weighted by Gasteiger charge is -2.34. The third-order valence-corrected chi connectivity index (χ3v) is 6.36. The molecule has 2 aliphatic rings. The predicted molar refractivity (Wildman–Crippen MR) is 122 cm³/mol. The molecule has 0 N–H and O–H groups in total. The molecule has 2 heterocycles. The fourth-order valence-electron chi connectivity index (χ4n) is 4.54. The zero-order valence-electron chi connectivity index (χ0n) is 18.6. The van der Waals surface area contributed by atoms with E-state index in [1.165, 1.54) is 17.7 Å². The summed E-state index contributed by atoms with van der Waals surface area (Å²) in [6.45, 7) is 11.4. The van der Waals surface area contributed by atoms with E-state index >= 15 is 0 Å². The van der Waals surface area contributed by atoms with Gasteiger partial charge in [0, 0.05) is 38.2 Å². The minimum atomic E-state index is -0.291. The number of rotatable bonds is 5. The Hall–Kier alpha value is -2.57. The van der Waals surface area contributed by atoms with Crippen LogP contribution in [0.5, 0.6) is 0 Å². The van der Waals surface area contributed by atoms with Gasteiger partial charge in [0.05, 0.1) is 18.3 Å². The molecule has 1 fully saturated rings. The van der Waals surface area contributed by atoms with E-state index in [4.69, 9.17) is 5.10 Å².